The van der Waals surface area contributed by atoms with Gasteiger partial charge in [0, 0.05) is 11.9 Å². The molecular formula is C8H9NO2S. The molecule has 1 aliphatic rings. The standard InChI is InChI=1S/C8H9NO2S/c1-6-4-8-7(5-9-6)2-3-12(8,10)11/h4-5H,2-3H2,1H3. The average Bonchev–Trinajstić information content (AvgIpc) is 2.28. The molecule has 3 nitrogen and oxygen atoms in total. The van der Waals surface area contributed by atoms with Gasteiger partial charge in [-0.1, -0.05) is 0 Å². The lowest BCUT2D eigenvalue weighted by atomic mass is 10.2. The van der Waals surface area contributed by atoms with Crippen molar-refractivity contribution in [3.05, 3.63) is 23.5 Å². The average molecular weight is 183 g/mol. The topological polar surface area (TPSA) is 47.0 Å². The van der Waals surface area contributed by atoms with Crippen LogP contribution in [0.1, 0.15) is 11.3 Å². The minimum atomic E-state index is -2.97. The second-order valence-electron chi connectivity index (χ2n) is 3.00. The van der Waals surface area contributed by atoms with Gasteiger partial charge in [-0.05, 0) is 25.0 Å². The van der Waals surface area contributed by atoms with Crippen LogP contribution in [0.15, 0.2) is 17.2 Å². The molecule has 64 valence electrons. The highest BCUT2D eigenvalue weighted by Crippen LogP contribution is 2.24. The second-order valence-corrected chi connectivity index (χ2v) is 5.08. The fourth-order valence-corrected chi connectivity index (χ4v) is 3.01. The third-order valence-corrected chi connectivity index (χ3v) is 3.85. The summed E-state index contributed by atoms with van der Waals surface area (Å²) in [7, 11) is -2.97. The van der Waals surface area contributed by atoms with Gasteiger partial charge in [0.05, 0.1) is 10.6 Å². The first-order valence-electron chi connectivity index (χ1n) is 3.78. The van der Waals surface area contributed by atoms with Crippen molar-refractivity contribution in [2.24, 2.45) is 0 Å². The SMILES string of the molecule is Cc1cc2c(cn1)CCS2(=O)=O. The van der Waals surface area contributed by atoms with Crippen LogP contribution in [0.4, 0.5) is 0 Å². The van der Waals surface area contributed by atoms with Crippen LogP contribution >= 0.6 is 0 Å². The molecule has 0 atom stereocenters. The van der Waals surface area contributed by atoms with E-state index in [1.165, 1.54) is 0 Å². The summed E-state index contributed by atoms with van der Waals surface area (Å²) in [5.41, 5.74) is 1.62. The summed E-state index contributed by atoms with van der Waals surface area (Å²) in [6, 6.07) is 1.65. The molecule has 0 saturated carbocycles. The van der Waals surface area contributed by atoms with E-state index in [2.05, 4.69) is 4.98 Å². The van der Waals surface area contributed by atoms with Gasteiger partial charge in [-0.15, -0.1) is 0 Å². The molecule has 2 rings (SSSR count). The van der Waals surface area contributed by atoms with Crippen molar-refractivity contribution in [3.63, 3.8) is 0 Å². The van der Waals surface area contributed by atoms with Crippen LogP contribution in [-0.4, -0.2) is 19.2 Å². The first-order valence-corrected chi connectivity index (χ1v) is 5.43. The van der Waals surface area contributed by atoms with Crippen molar-refractivity contribution < 1.29 is 8.42 Å². The van der Waals surface area contributed by atoms with E-state index in [0.717, 1.165) is 11.3 Å². The van der Waals surface area contributed by atoms with Crippen molar-refractivity contribution >= 4 is 9.84 Å². The molecule has 4 heteroatoms. The van der Waals surface area contributed by atoms with E-state index in [0.29, 0.717) is 11.3 Å². The Kier molecular flexibility index (Phi) is 1.48. The number of nitrogens with zero attached hydrogens (tertiary/aromatic N) is 1. The summed E-state index contributed by atoms with van der Waals surface area (Å²) in [4.78, 5) is 4.53. The zero-order valence-electron chi connectivity index (χ0n) is 6.74. The van der Waals surface area contributed by atoms with Gasteiger partial charge in [-0.25, -0.2) is 8.42 Å². The van der Waals surface area contributed by atoms with E-state index < -0.39 is 9.84 Å². The maximum atomic E-state index is 11.4. The molecule has 1 aliphatic heterocycles. The van der Waals surface area contributed by atoms with Crippen molar-refractivity contribution in [2.75, 3.05) is 5.75 Å². The van der Waals surface area contributed by atoms with Crippen LogP contribution in [0.2, 0.25) is 0 Å². The highest BCUT2D eigenvalue weighted by atomic mass is 32.2. The van der Waals surface area contributed by atoms with E-state index in [1.54, 1.807) is 19.2 Å². The lowest BCUT2D eigenvalue weighted by molar-refractivity contribution is 0.600. The summed E-state index contributed by atoms with van der Waals surface area (Å²) < 4.78 is 22.8. The number of fused-ring (bicyclic) bond motifs is 1. The van der Waals surface area contributed by atoms with E-state index in [1.807, 2.05) is 0 Å². The van der Waals surface area contributed by atoms with Gasteiger partial charge in [0.25, 0.3) is 0 Å². The summed E-state index contributed by atoms with van der Waals surface area (Å²) in [5.74, 6) is 0.244. The molecule has 1 aromatic rings. The Morgan fingerprint density at radius 3 is 3.00 bits per heavy atom. The van der Waals surface area contributed by atoms with Gasteiger partial charge >= 0.3 is 0 Å². The first-order chi connectivity index (χ1) is 5.59. The number of aryl methyl sites for hydroxylation is 2. The van der Waals surface area contributed by atoms with Crippen LogP contribution in [0.5, 0.6) is 0 Å². The monoisotopic (exact) mass is 183 g/mol. The maximum Gasteiger partial charge on any atom is 0.179 e. The van der Waals surface area contributed by atoms with Crippen molar-refractivity contribution in [1.29, 1.82) is 0 Å². The first kappa shape index (κ1) is 7.73. The number of rotatable bonds is 0. The molecule has 0 aromatic carbocycles. The minimum absolute atomic E-state index is 0.244. The van der Waals surface area contributed by atoms with E-state index in [9.17, 15) is 8.42 Å². The third-order valence-electron chi connectivity index (χ3n) is 2.06. The summed E-state index contributed by atoms with van der Waals surface area (Å²) in [6.07, 6.45) is 2.28. The Labute approximate surface area is 71.4 Å². The van der Waals surface area contributed by atoms with Crippen LogP contribution in [0.3, 0.4) is 0 Å². The zero-order valence-corrected chi connectivity index (χ0v) is 7.56. The van der Waals surface area contributed by atoms with Gasteiger partial charge in [0.1, 0.15) is 0 Å². The minimum Gasteiger partial charge on any atom is -0.261 e. The smallest absolute Gasteiger partial charge is 0.179 e. The van der Waals surface area contributed by atoms with Gasteiger partial charge < -0.3 is 0 Å². The van der Waals surface area contributed by atoms with Crippen LogP contribution in [-0.2, 0) is 16.3 Å². The molecule has 12 heavy (non-hydrogen) atoms. The molecule has 0 bridgehead atoms. The lowest BCUT2D eigenvalue weighted by Crippen LogP contribution is -1.99. The fourth-order valence-electron chi connectivity index (χ4n) is 1.39. The molecular weight excluding hydrogens is 174 g/mol. The largest absolute Gasteiger partial charge is 0.261 e. The quantitative estimate of drug-likeness (QED) is 0.595. The second kappa shape index (κ2) is 2.29. The highest BCUT2D eigenvalue weighted by molar-refractivity contribution is 7.91. The molecule has 2 heterocycles. The van der Waals surface area contributed by atoms with Crippen LogP contribution in [0.25, 0.3) is 0 Å². The number of aromatic nitrogens is 1. The fraction of sp³-hybridized carbons (Fsp3) is 0.375. The normalized spacial score (nSPS) is 19.1. The molecule has 0 spiro atoms. The molecule has 0 aliphatic carbocycles. The predicted molar refractivity (Wildman–Crippen MR) is 44.7 cm³/mol. The molecule has 1 aromatic heterocycles. The van der Waals surface area contributed by atoms with Crippen molar-refractivity contribution in [2.45, 2.75) is 18.2 Å². The Morgan fingerprint density at radius 2 is 2.25 bits per heavy atom. The number of hydrogen-bond donors (Lipinski definition) is 0. The van der Waals surface area contributed by atoms with Crippen molar-refractivity contribution in [3.8, 4) is 0 Å². The molecule has 0 N–H and O–H groups in total. The van der Waals surface area contributed by atoms with Gasteiger partial charge in [0.2, 0.25) is 0 Å². The number of hydrogen-bond acceptors (Lipinski definition) is 3. The molecule has 0 saturated heterocycles. The van der Waals surface area contributed by atoms with Crippen molar-refractivity contribution in [1.82, 2.24) is 4.98 Å². The van der Waals surface area contributed by atoms with Gasteiger partial charge in [-0.2, -0.15) is 0 Å². The Balaban J connectivity index is 2.73. The highest BCUT2D eigenvalue weighted by Gasteiger charge is 2.25. The maximum absolute atomic E-state index is 11.4. The molecule has 0 amide bonds. The lowest BCUT2D eigenvalue weighted by Gasteiger charge is -1.97. The third kappa shape index (κ3) is 1.03. The number of sulfone groups is 1. The Bertz CT molecular complexity index is 423. The van der Waals surface area contributed by atoms with Crippen LogP contribution in [0, 0.1) is 6.92 Å². The molecule has 0 unspecified atom stereocenters. The summed E-state index contributed by atoms with van der Waals surface area (Å²) in [6.45, 7) is 1.80. The number of pyridine rings is 1. The van der Waals surface area contributed by atoms with E-state index >= 15 is 0 Å². The predicted octanol–water partition coefficient (Wildman–Crippen LogP) is 0.720. The van der Waals surface area contributed by atoms with E-state index in [4.69, 9.17) is 0 Å². The van der Waals surface area contributed by atoms with Crippen LogP contribution < -0.4 is 0 Å². The summed E-state index contributed by atoms with van der Waals surface area (Å²) >= 11 is 0. The summed E-state index contributed by atoms with van der Waals surface area (Å²) in [5, 5.41) is 0. The van der Waals surface area contributed by atoms with Gasteiger partial charge in [-0.3, -0.25) is 4.98 Å². The zero-order chi connectivity index (χ0) is 8.77. The molecule has 0 radical (unpaired) electrons. The molecule has 0 fully saturated rings. The van der Waals surface area contributed by atoms with E-state index in [-0.39, 0.29) is 5.75 Å². The Morgan fingerprint density at radius 1 is 1.50 bits per heavy atom. The Hall–Kier alpha value is -0.900. The van der Waals surface area contributed by atoms with Gasteiger partial charge in [0.15, 0.2) is 9.84 Å².